The molecule has 0 saturated heterocycles. The van der Waals surface area contributed by atoms with Crippen molar-refractivity contribution in [3.63, 3.8) is 0 Å². The molecule has 5 nitrogen and oxygen atoms in total. The fourth-order valence-corrected chi connectivity index (χ4v) is 3.93. The first-order valence-corrected chi connectivity index (χ1v) is 8.96. The highest BCUT2D eigenvalue weighted by Gasteiger charge is 2.18. The molecule has 0 radical (unpaired) electrons. The Bertz CT molecular complexity index is 710. The van der Waals surface area contributed by atoms with Gasteiger partial charge < -0.3 is 5.73 Å². The monoisotopic (exact) mass is 341 g/mol. The van der Waals surface area contributed by atoms with Crippen molar-refractivity contribution in [1.82, 2.24) is 9.71 Å². The van der Waals surface area contributed by atoms with E-state index in [-0.39, 0.29) is 15.9 Å². The van der Waals surface area contributed by atoms with Crippen LogP contribution in [-0.2, 0) is 16.4 Å². The Morgan fingerprint density at radius 1 is 1.48 bits per heavy atom. The maximum atomic E-state index is 12.2. The van der Waals surface area contributed by atoms with E-state index in [1.165, 1.54) is 18.3 Å². The van der Waals surface area contributed by atoms with Crippen LogP contribution in [0.25, 0.3) is 0 Å². The SMILES string of the molecule is CC(Cc1cccs1)NS(=O)(=O)c1ccc(C(N)=S)nc1. The zero-order valence-corrected chi connectivity index (χ0v) is 13.8. The highest BCUT2D eigenvalue weighted by Crippen LogP contribution is 2.13. The number of thiocarbonyl (C=S) groups is 1. The van der Waals surface area contributed by atoms with Gasteiger partial charge >= 0.3 is 0 Å². The molecular weight excluding hydrogens is 326 g/mol. The molecule has 0 aliphatic carbocycles. The largest absolute Gasteiger partial charge is 0.388 e. The van der Waals surface area contributed by atoms with E-state index in [1.54, 1.807) is 11.3 Å². The van der Waals surface area contributed by atoms with Crippen LogP contribution in [0.4, 0.5) is 0 Å². The maximum absolute atomic E-state index is 12.2. The van der Waals surface area contributed by atoms with Crippen molar-refractivity contribution in [3.8, 4) is 0 Å². The summed E-state index contributed by atoms with van der Waals surface area (Å²) < 4.78 is 27.1. The summed E-state index contributed by atoms with van der Waals surface area (Å²) in [7, 11) is -3.60. The Hall–Kier alpha value is -1.35. The van der Waals surface area contributed by atoms with Gasteiger partial charge in [-0.25, -0.2) is 13.1 Å². The Morgan fingerprint density at radius 3 is 2.76 bits per heavy atom. The molecule has 0 saturated carbocycles. The van der Waals surface area contributed by atoms with Crippen molar-refractivity contribution in [2.45, 2.75) is 24.3 Å². The molecule has 2 aromatic rings. The van der Waals surface area contributed by atoms with Crippen LogP contribution in [0.15, 0.2) is 40.7 Å². The molecule has 1 atom stereocenters. The van der Waals surface area contributed by atoms with Crippen molar-refractivity contribution in [3.05, 3.63) is 46.4 Å². The summed E-state index contributed by atoms with van der Waals surface area (Å²) in [4.78, 5) is 5.31. The Kier molecular flexibility index (Phi) is 5.04. The van der Waals surface area contributed by atoms with Crippen molar-refractivity contribution < 1.29 is 8.42 Å². The lowest BCUT2D eigenvalue weighted by Crippen LogP contribution is -2.34. The molecule has 8 heteroatoms. The molecule has 2 rings (SSSR count). The number of nitrogens with two attached hydrogens (primary N) is 1. The minimum Gasteiger partial charge on any atom is -0.388 e. The molecule has 3 N–H and O–H groups in total. The number of rotatable bonds is 6. The van der Waals surface area contributed by atoms with Gasteiger partial charge in [0.15, 0.2) is 0 Å². The first kappa shape index (κ1) is 16.0. The third-order valence-corrected chi connectivity index (χ3v) is 5.43. The minimum atomic E-state index is -3.60. The van der Waals surface area contributed by atoms with Gasteiger partial charge in [-0.1, -0.05) is 18.3 Å². The van der Waals surface area contributed by atoms with Gasteiger partial charge in [0.2, 0.25) is 10.0 Å². The fourth-order valence-electron chi connectivity index (χ4n) is 1.79. The van der Waals surface area contributed by atoms with E-state index in [9.17, 15) is 8.42 Å². The van der Waals surface area contributed by atoms with Gasteiger partial charge in [0.05, 0.1) is 5.69 Å². The van der Waals surface area contributed by atoms with Gasteiger partial charge in [-0.3, -0.25) is 4.98 Å². The molecular formula is C13H15N3O2S3. The predicted molar refractivity (Wildman–Crippen MR) is 87.9 cm³/mol. The first-order valence-electron chi connectivity index (χ1n) is 6.19. The normalized spacial score (nSPS) is 13.0. The van der Waals surface area contributed by atoms with Gasteiger partial charge in [0, 0.05) is 17.1 Å². The Morgan fingerprint density at radius 2 is 2.24 bits per heavy atom. The van der Waals surface area contributed by atoms with Crippen molar-refractivity contribution in [2.24, 2.45) is 5.73 Å². The highest BCUT2D eigenvalue weighted by atomic mass is 32.2. The van der Waals surface area contributed by atoms with Crippen LogP contribution in [0.2, 0.25) is 0 Å². The second kappa shape index (κ2) is 6.61. The van der Waals surface area contributed by atoms with Crippen LogP contribution in [0, 0.1) is 0 Å². The smallest absolute Gasteiger partial charge is 0.242 e. The molecule has 0 aliphatic rings. The lowest BCUT2D eigenvalue weighted by Gasteiger charge is -2.13. The van der Waals surface area contributed by atoms with Crippen LogP contribution >= 0.6 is 23.6 Å². The first-order chi connectivity index (χ1) is 9.88. The van der Waals surface area contributed by atoms with Gasteiger partial charge in [0.1, 0.15) is 9.88 Å². The van der Waals surface area contributed by atoms with Crippen LogP contribution < -0.4 is 10.5 Å². The van der Waals surface area contributed by atoms with E-state index in [1.807, 2.05) is 24.4 Å². The Labute approximate surface area is 133 Å². The summed E-state index contributed by atoms with van der Waals surface area (Å²) in [6.45, 7) is 1.83. The number of nitrogens with one attached hydrogen (secondary N) is 1. The van der Waals surface area contributed by atoms with Crippen LogP contribution in [-0.4, -0.2) is 24.4 Å². The van der Waals surface area contributed by atoms with Crippen LogP contribution in [0.1, 0.15) is 17.5 Å². The zero-order chi connectivity index (χ0) is 15.5. The standard InChI is InChI=1S/C13H15N3O2S3/c1-9(7-10-3-2-6-20-10)16-21(17,18)11-4-5-12(13(14)19)15-8-11/h2-6,8-9,16H,7H2,1H3,(H2,14,19). The lowest BCUT2D eigenvalue weighted by molar-refractivity contribution is 0.560. The number of nitrogens with zero attached hydrogens (tertiary/aromatic N) is 1. The molecule has 1 unspecified atom stereocenters. The molecule has 0 bridgehead atoms. The van der Waals surface area contributed by atoms with E-state index in [4.69, 9.17) is 18.0 Å². The number of hydrogen-bond acceptors (Lipinski definition) is 5. The van der Waals surface area contributed by atoms with E-state index >= 15 is 0 Å². The number of pyridine rings is 1. The van der Waals surface area contributed by atoms with Gasteiger partial charge in [-0.15, -0.1) is 11.3 Å². The molecule has 0 amide bonds. The minimum absolute atomic E-state index is 0.0977. The lowest BCUT2D eigenvalue weighted by atomic mass is 10.2. The maximum Gasteiger partial charge on any atom is 0.242 e. The highest BCUT2D eigenvalue weighted by molar-refractivity contribution is 7.89. The van der Waals surface area contributed by atoms with Crippen molar-refractivity contribution >= 4 is 38.6 Å². The van der Waals surface area contributed by atoms with Gasteiger partial charge in [-0.05, 0) is 36.9 Å². The molecule has 0 fully saturated rings. The second-order valence-electron chi connectivity index (χ2n) is 4.55. The third-order valence-electron chi connectivity index (χ3n) is 2.74. The topological polar surface area (TPSA) is 85.1 Å². The number of sulfonamides is 1. The number of thiophene rings is 1. The summed E-state index contributed by atoms with van der Waals surface area (Å²) >= 11 is 6.39. The molecule has 21 heavy (non-hydrogen) atoms. The quantitative estimate of drug-likeness (QED) is 0.781. The molecule has 0 aliphatic heterocycles. The van der Waals surface area contributed by atoms with Crippen molar-refractivity contribution in [2.75, 3.05) is 0 Å². The fraction of sp³-hybridized carbons (Fsp3) is 0.231. The summed E-state index contributed by atoms with van der Waals surface area (Å²) in [5.74, 6) is 0. The second-order valence-corrected chi connectivity index (χ2v) is 7.74. The predicted octanol–water partition coefficient (Wildman–Crippen LogP) is 1.69. The summed E-state index contributed by atoms with van der Waals surface area (Å²) in [5.41, 5.74) is 5.83. The molecule has 2 heterocycles. The van der Waals surface area contributed by atoms with E-state index in [0.29, 0.717) is 12.1 Å². The number of hydrogen-bond donors (Lipinski definition) is 2. The van der Waals surface area contributed by atoms with E-state index < -0.39 is 10.0 Å². The van der Waals surface area contributed by atoms with Crippen molar-refractivity contribution in [1.29, 1.82) is 0 Å². The average Bonchev–Trinajstić information content (AvgIpc) is 2.90. The zero-order valence-electron chi connectivity index (χ0n) is 11.3. The summed E-state index contributed by atoms with van der Waals surface area (Å²) in [6, 6.07) is 6.67. The third kappa shape index (κ3) is 4.31. The van der Waals surface area contributed by atoms with E-state index in [0.717, 1.165) is 4.88 Å². The Balaban J connectivity index is 2.08. The molecule has 2 aromatic heterocycles. The molecule has 0 spiro atoms. The number of aromatic nitrogens is 1. The van der Waals surface area contributed by atoms with E-state index in [2.05, 4.69) is 9.71 Å². The van der Waals surface area contributed by atoms with Gasteiger partial charge in [0.25, 0.3) is 0 Å². The summed E-state index contributed by atoms with van der Waals surface area (Å²) in [6.07, 6.45) is 1.91. The molecule has 112 valence electrons. The molecule has 0 aromatic carbocycles. The summed E-state index contributed by atoms with van der Waals surface area (Å²) in [5, 5.41) is 1.97. The van der Waals surface area contributed by atoms with Gasteiger partial charge in [-0.2, -0.15) is 0 Å². The average molecular weight is 341 g/mol. The van der Waals surface area contributed by atoms with Crippen LogP contribution in [0.5, 0.6) is 0 Å². The van der Waals surface area contributed by atoms with Crippen LogP contribution in [0.3, 0.4) is 0 Å².